The first-order chi connectivity index (χ1) is 14.3. The minimum Gasteiger partial charge on any atom is -0.376 e. The summed E-state index contributed by atoms with van der Waals surface area (Å²) < 4.78 is 32.7. The fraction of sp³-hybridized carbons (Fsp3) is 0.435. The number of amides is 1. The smallest absolute Gasteiger partial charge is 0.255 e. The van der Waals surface area contributed by atoms with Crippen LogP contribution in [0.25, 0.3) is 0 Å². The summed E-state index contributed by atoms with van der Waals surface area (Å²) in [4.78, 5) is 13.0. The molecule has 2 aromatic rings. The Labute approximate surface area is 179 Å². The Bertz CT molecular complexity index is 996. The normalized spacial score (nSPS) is 14.1. The van der Waals surface area contributed by atoms with Crippen molar-refractivity contribution in [3.8, 4) is 0 Å². The molecule has 0 aromatic heterocycles. The van der Waals surface area contributed by atoms with Gasteiger partial charge in [-0.05, 0) is 61.1 Å². The van der Waals surface area contributed by atoms with Crippen molar-refractivity contribution in [1.29, 1.82) is 0 Å². The quantitative estimate of drug-likeness (QED) is 0.613. The van der Waals surface area contributed by atoms with Crippen molar-refractivity contribution in [1.82, 2.24) is 4.31 Å². The van der Waals surface area contributed by atoms with E-state index in [4.69, 9.17) is 4.74 Å². The Morgan fingerprint density at radius 1 is 1.13 bits per heavy atom. The minimum atomic E-state index is -3.63. The van der Waals surface area contributed by atoms with E-state index in [1.54, 1.807) is 32.9 Å². The van der Waals surface area contributed by atoms with Gasteiger partial charge in [-0.15, -0.1) is 0 Å². The molecule has 6 nitrogen and oxygen atoms in total. The lowest BCUT2D eigenvalue weighted by molar-refractivity contribution is 0.102. The van der Waals surface area contributed by atoms with Crippen LogP contribution in [0.1, 0.15) is 48.2 Å². The van der Waals surface area contributed by atoms with Crippen LogP contribution in [0.3, 0.4) is 0 Å². The van der Waals surface area contributed by atoms with E-state index >= 15 is 0 Å². The third-order valence-corrected chi connectivity index (χ3v) is 7.35. The summed E-state index contributed by atoms with van der Waals surface area (Å²) >= 11 is 0. The molecule has 1 amide bonds. The summed E-state index contributed by atoms with van der Waals surface area (Å²) in [6.45, 7) is 7.44. The van der Waals surface area contributed by atoms with Crippen LogP contribution >= 0.6 is 0 Å². The average molecular weight is 431 g/mol. The van der Waals surface area contributed by atoms with Gasteiger partial charge in [0, 0.05) is 30.9 Å². The molecule has 0 spiro atoms. The van der Waals surface area contributed by atoms with Crippen LogP contribution in [0.15, 0.2) is 47.4 Å². The van der Waals surface area contributed by atoms with Crippen LogP contribution in [0, 0.1) is 12.8 Å². The molecule has 0 atom stereocenters. The fourth-order valence-corrected chi connectivity index (χ4v) is 4.77. The molecule has 1 aliphatic carbocycles. The van der Waals surface area contributed by atoms with Crippen LogP contribution in [-0.2, 0) is 21.4 Å². The molecule has 0 aliphatic heterocycles. The maximum atomic E-state index is 12.9. The van der Waals surface area contributed by atoms with E-state index in [1.165, 1.54) is 23.2 Å². The van der Waals surface area contributed by atoms with Gasteiger partial charge >= 0.3 is 0 Å². The molecule has 0 saturated heterocycles. The molecular weight excluding hydrogens is 400 g/mol. The van der Waals surface area contributed by atoms with Crippen LogP contribution in [0.5, 0.6) is 0 Å². The van der Waals surface area contributed by atoms with E-state index in [9.17, 15) is 13.2 Å². The SMILES string of the molecule is CCN(CC)S(=O)(=O)c1ccc(C)c(C(=O)Nc2cccc(COCC3CC3)c2)c1. The molecule has 1 saturated carbocycles. The van der Waals surface area contributed by atoms with E-state index < -0.39 is 10.0 Å². The van der Waals surface area contributed by atoms with Crippen LogP contribution in [0.4, 0.5) is 5.69 Å². The second-order valence-electron chi connectivity index (χ2n) is 7.68. The van der Waals surface area contributed by atoms with Gasteiger partial charge in [-0.25, -0.2) is 8.42 Å². The first-order valence-corrected chi connectivity index (χ1v) is 11.9. The molecule has 7 heteroatoms. The van der Waals surface area contributed by atoms with Gasteiger partial charge in [0.25, 0.3) is 5.91 Å². The molecule has 1 fully saturated rings. The lowest BCUT2D eigenvalue weighted by atomic mass is 10.1. The van der Waals surface area contributed by atoms with Gasteiger partial charge in [0.1, 0.15) is 0 Å². The fourth-order valence-electron chi connectivity index (χ4n) is 3.28. The monoisotopic (exact) mass is 430 g/mol. The largest absolute Gasteiger partial charge is 0.376 e. The summed E-state index contributed by atoms with van der Waals surface area (Å²) in [6, 6.07) is 12.2. The van der Waals surface area contributed by atoms with Gasteiger partial charge in [-0.2, -0.15) is 4.31 Å². The first kappa shape index (κ1) is 22.5. The van der Waals surface area contributed by atoms with Crippen LogP contribution < -0.4 is 5.32 Å². The van der Waals surface area contributed by atoms with E-state index in [1.807, 2.05) is 24.3 Å². The van der Waals surface area contributed by atoms with Gasteiger partial charge in [0.15, 0.2) is 0 Å². The summed E-state index contributed by atoms with van der Waals surface area (Å²) in [5.74, 6) is 0.371. The number of rotatable bonds is 10. The second kappa shape index (κ2) is 9.73. The van der Waals surface area contributed by atoms with Crippen molar-refractivity contribution >= 4 is 21.6 Å². The second-order valence-corrected chi connectivity index (χ2v) is 9.62. The summed E-state index contributed by atoms with van der Waals surface area (Å²) in [6.07, 6.45) is 2.50. The highest BCUT2D eigenvalue weighted by atomic mass is 32.2. The first-order valence-electron chi connectivity index (χ1n) is 10.4. The highest BCUT2D eigenvalue weighted by Gasteiger charge is 2.24. The molecule has 0 heterocycles. The van der Waals surface area contributed by atoms with Gasteiger partial charge in [0.05, 0.1) is 11.5 Å². The maximum absolute atomic E-state index is 12.9. The van der Waals surface area contributed by atoms with Crippen molar-refractivity contribution in [2.24, 2.45) is 5.92 Å². The van der Waals surface area contributed by atoms with Gasteiger partial charge in [-0.1, -0.05) is 32.0 Å². The Balaban J connectivity index is 1.75. The van der Waals surface area contributed by atoms with E-state index in [0.717, 1.165) is 17.7 Å². The average Bonchev–Trinajstić information content (AvgIpc) is 3.53. The van der Waals surface area contributed by atoms with Crippen molar-refractivity contribution in [3.05, 3.63) is 59.2 Å². The van der Waals surface area contributed by atoms with Gasteiger partial charge < -0.3 is 10.1 Å². The number of anilines is 1. The zero-order chi connectivity index (χ0) is 21.7. The third-order valence-electron chi connectivity index (χ3n) is 5.30. The minimum absolute atomic E-state index is 0.129. The summed E-state index contributed by atoms with van der Waals surface area (Å²) in [5.41, 5.74) is 2.71. The molecule has 3 rings (SSSR count). The maximum Gasteiger partial charge on any atom is 0.255 e. The van der Waals surface area contributed by atoms with Gasteiger partial charge in [-0.3, -0.25) is 4.79 Å². The Hall–Kier alpha value is -2.22. The highest BCUT2D eigenvalue weighted by Crippen LogP contribution is 2.29. The summed E-state index contributed by atoms with van der Waals surface area (Å²) in [7, 11) is -3.63. The van der Waals surface area contributed by atoms with Gasteiger partial charge in [0.2, 0.25) is 10.0 Å². The van der Waals surface area contributed by atoms with Crippen LogP contribution in [0.2, 0.25) is 0 Å². The number of hydrogen-bond donors (Lipinski definition) is 1. The number of nitrogens with one attached hydrogen (secondary N) is 1. The third kappa shape index (κ3) is 5.47. The predicted octanol–water partition coefficient (Wildman–Crippen LogP) is 4.20. The molecular formula is C23H30N2O4S. The number of carbonyl (C=O) groups excluding carboxylic acids is 1. The number of hydrogen-bond acceptors (Lipinski definition) is 4. The lowest BCUT2D eigenvalue weighted by Crippen LogP contribution is -2.30. The number of ether oxygens (including phenoxy) is 1. The number of carbonyl (C=O) groups is 1. The number of sulfonamides is 1. The zero-order valence-corrected chi connectivity index (χ0v) is 18.7. The highest BCUT2D eigenvalue weighted by molar-refractivity contribution is 7.89. The predicted molar refractivity (Wildman–Crippen MR) is 118 cm³/mol. The number of aryl methyl sites for hydroxylation is 1. The number of nitrogens with zero attached hydrogens (tertiary/aromatic N) is 1. The molecule has 2 aromatic carbocycles. The standard InChI is InChI=1S/C23H30N2O4S/c1-4-25(5-2)30(27,28)21-12-9-17(3)22(14-21)23(26)24-20-8-6-7-19(13-20)16-29-15-18-10-11-18/h6-9,12-14,18H,4-5,10-11,15-16H2,1-3H3,(H,24,26). The summed E-state index contributed by atoms with van der Waals surface area (Å²) in [5, 5.41) is 2.88. The topological polar surface area (TPSA) is 75.7 Å². The van der Waals surface area contributed by atoms with E-state index in [2.05, 4.69) is 5.32 Å². The molecule has 162 valence electrons. The number of benzene rings is 2. The zero-order valence-electron chi connectivity index (χ0n) is 17.8. The lowest BCUT2D eigenvalue weighted by Gasteiger charge is -2.19. The Kier molecular flexibility index (Phi) is 7.28. The molecule has 0 unspecified atom stereocenters. The van der Waals surface area contributed by atoms with Crippen molar-refractivity contribution in [2.45, 2.75) is 45.1 Å². The molecule has 0 radical (unpaired) electrons. The molecule has 30 heavy (non-hydrogen) atoms. The van der Waals surface area contributed by atoms with Crippen molar-refractivity contribution in [3.63, 3.8) is 0 Å². The van der Waals surface area contributed by atoms with Crippen molar-refractivity contribution in [2.75, 3.05) is 25.0 Å². The van der Waals surface area contributed by atoms with Crippen LogP contribution in [-0.4, -0.2) is 38.3 Å². The van der Waals surface area contributed by atoms with Crippen molar-refractivity contribution < 1.29 is 17.9 Å². The van der Waals surface area contributed by atoms with E-state index in [0.29, 0.717) is 36.9 Å². The molecule has 0 bridgehead atoms. The Morgan fingerprint density at radius 2 is 1.87 bits per heavy atom. The molecule has 1 aliphatic rings. The molecule has 1 N–H and O–H groups in total. The van der Waals surface area contributed by atoms with E-state index in [-0.39, 0.29) is 10.8 Å². The Morgan fingerprint density at radius 3 is 2.53 bits per heavy atom.